The third kappa shape index (κ3) is 5.00. The quantitative estimate of drug-likeness (QED) is 0.678. The van der Waals surface area contributed by atoms with Crippen molar-refractivity contribution < 1.29 is 9.18 Å². The smallest absolute Gasteiger partial charge is 0.223 e. The molecule has 154 valence electrons. The molecule has 30 heavy (non-hydrogen) atoms. The number of piperidine rings is 1. The predicted octanol–water partition coefficient (Wildman–Crippen LogP) is 3.86. The summed E-state index contributed by atoms with van der Waals surface area (Å²) in [5.41, 5.74) is 2.65. The van der Waals surface area contributed by atoms with Crippen molar-refractivity contribution in [1.82, 2.24) is 15.3 Å². The maximum Gasteiger partial charge on any atom is 0.223 e. The highest BCUT2D eigenvalue weighted by Crippen LogP contribution is 2.25. The molecule has 0 spiro atoms. The van der Waals surface area contributed by atoms with Crippen molar-refractivity contribution in [3.8, 4) is 11.3 Å². The summed E-state index contributed by atoms with van der Waals surface area (Å²) in [4.78, 5) is 23.3. The fourth-order valence-corrected chi connectivity index (χ4v) is 3.82. The van der Waals surface area contributed by atoms with E-state index in [2.05, 4.69) is 32.3 Å². The Morgan fingerprint density at radius 1 is 1.03 bits per heavy atom. The van der Waals surface area contributed by atoms with Crippen molar-refractivity contribution in [2.45, 2.75) is 19.3 Å². The van der Waals surface area contributed by atoms with Crippen LogP contribution in [0.2, 0.25) is 0 Å². The van der Waals surface area contributed by atoms with E-state index in [1.165, 1.54) is 24.0 Å². The Morgan fingerprint density at radius 3 is 2.60 bits per heavy atom. The normalized spacial score (nSPS) is 14.5. The molecule has 0 unspecified atom stereocenters. The standard InChI is InChI=1S/C24H25FN4O/c25-21-8-4-7-20(15-21)22-16-23(28-17-27-22)29-13-10-19(11-14-29)24(30)26-12-9-18-5-2-1-3-6-18/h1-8,15-17,19H,9-14H2,(H,26,30). The summed E-state index contributed by atoms with van der Waals surface area (Å²) in [5, 5.41) is 3.07. The van der Waals surface area contributed by atoms with Crippen LogP contribution >= 0.6 is 0 Å². The molecule has 4 rings (SSSR count). The minimum absolute atomic E-state index is 0.0292. The predicted molar refractivity (Wildman–Crippen MR) is 116 cm³/mol. The van der Waals surface area contributed by atoms with Crippen LogP contribution in [0.5, 0.6) is 0 Å². The number of benzene rings is 2. The van der Waals surface area contributed by atoms with Crippen molar-refractivity contribution in [2.24, 2.45) is 5.92 Å². The zero-order valence-electron chi connectivity index (χ0n) is 16.8. The average molecular weight is 404 g/mol. The summed E-state index contributed by atoms with van der Waals surface area (Å²) in [6, 6.07) is 18.5. The number of hydrogen-bond donors (Lipinski definition) is 1. The lowest BCUT2D eigenvalue weighted by Crippen LogP contribution is -2.41. The van der Waals surface area contributed by atoms with Gasteiger partial charge in [-0.2, -0.15) is 0 Å². The molecule has 1 amide bonds. The number of nitrogens with zero attached hydrogens (tertiary/aromatic N) is 3. The first-order valence-corrected chi connectivity index (χ1v) is 10.3. The largest absolute Gasteiger partial charge is 0.356 e. The van der Waals surface area contributed by atoms with Gasteiger partial charge >= 0.3 is 0 Å². The first-order chi connectivity index (χ1) is 14.7. The average Bonchev–Trinajstić information content (AvgIpc) is 2.80. The maximum atomic E-state index is 13.5. The van der Waals surface area contributed by atoms with Crippen molar-refractivity contribution >= 4 is 11.7 Å². The fraction of sp³-hybridized carbons (Fsp3) is 0.292. The van der Waals surface area contributed by atoms with E-state index >= 15 is 0 Å². The van der Waals surface area contributed by atoms with Crippen LogP contribution in [0, 0.1) is 11.7 Å². The highest BCUT2D eigenvalue weighted by Gasteiger charge is 2.25. The molecular weight excluding hydrogens is 379 g/mol. The monoisotopic (exact) mass is 404 g/mol. The molecule has 0 atom stereocenters. The molecule has 0 bridgehead atoms. The van der Waals surface area contributed by atoms with E-state index < -0.39 is 0 Å². The number of hydrogen-bond acceptors (Lipinski definition) is 4. The summed E-state index contributed by atoms with van der Waals surface area (Å²) >= 11 is 0. The fourth-order valence-electron chi connectivity index (χ4n) is 3.82. The number of aromatic nitrogens is 2. The maximum absolute atomic E-state index is 13.5. The van der Waals surface area contributed by atoms with Crippen LogP contribution in [0.3, 0.4) is 0 Å². The summed E-state index contributed by atoms with van der Waals surface area (Å²) in [6.07, 6.45) is 3.93. The van der Waals surface area contributed by atoms with Gasteiger partial charge in [0.2, 0.25) is 5.91 Å². The van der Waals surface area contributed by atoms with E-state index in [0.29, 0.717) is 12.2 Å². The lowest BCUT2D eigenvalue weighted by Gasteiger charge is -2.32. The van der Waals surface area contributed by atoms with Crippen molar-refractivity contribution in [3.05, 3.63) is 78.4 Å². The van der Waals surface area contributed by atoms with Gasteiger partial charge in [0.25, 0.3) is 0 Å². The lowest BCUT2D eigenvalue weighted by molar-refractivity contribution is -0.125. The molecule has 0 aliphatic carbocycles. The molecule has 2 aromatic carbocycles. The molecule has 1 aliphatic rings. The van der Waals surface area contributed by atoms with Gasteiger partial charge in [-0.05, 0) is 37.0 Å². The summed E-state index contributed by atoms with van der Waals surface area (Å²) < 4.78 is 13.5. The summed E-state index contributed by atoms with van der Waals surface area (Å²) in [6.45, 7) is 2.18. The highest BCUT2D eigenvalue weighted by atomic mass is 19.1. The van der Waals surface area contributed by atoms with Crippen LogP contribution in [0.15, 0.2) is 67.0 Å². The topological polar surface area (TPSA) is 58.1 Å². The zero-order valence-corrected chi connectivity index (χ0v) is 16.8. The van der Waals surface area contributed by atoms with Crippen LogP contribution in [0.1, 0.15) is 18.4 Å². The van der Waals surface area contributed by atoms with Gasteiger partial charge in [-0.25, -0.2) is 14.4 Å². The Morgan fingerprint density at radius 2 is 1.83 bits per heavy atom. The molecule has 2 heterocycles. The first-order valence-electron chi connectivity index (χ1n) is 10.3. The molecule has 1 N–H and O–H groups in total. The number of amides is 1. The number of nitrogens with one attached hydrogen (secondary N) is 1. The summed E-state index contributed by atoms with van der Waals surface area (Å²) in [7, 11) is 0. The SMILES string of the molecule is O=C(NCCc1ccccc1)C1CCN(c2cc(-c3cccc(F)c3)ncn2)CC1. The van der Waals surface area contributed by atoms with Crippen molar-refractivity contribution in [3.63, 3.8) is 0 Å². The van der Waals surface area contributed by atoms with E-state index in [1.54, 1.807) is 6.07 Å². The van der Waals surface area contributed by atoms with Gasteiger partial charge in [0.05, 0.1) is 5.69 Å². The van der Waals surface area contributed by atoms with Gasteiger partial charge < -0.3 is 10.2 Å². The second-order valence-electron chi connectivity index (χ2n) is 7.56. The Hall–Kier alpha value is -3.28. The molecule has 1 aliphatic heterocycles. The van der Waals surface area contributed by atoms with Gasteiger partial charge in [-0.15, -0.1) is 0 Å². The molecule has 3 aromatic rings. The Bertz CT molecular complexity index is 987. The van der Waals surface area contributed by atoms with Crippen molar-refractivity contribution in [2.75, 3.05) is 24.5 Å². The number of rotatable bonds is 6. The minimum atomic E-state index is -0.285. The molecule has 6 heteroatoms. The van der Waals surface area contributed by atoms with Crippen LogP contribution in [0.4, 0.5) is 10.2 Å². The Balaban J connectivity index is 1.30. The molecule has 1 fully saturated rings. The molecule has 1 saturated heterocycles. The molecule has 0 radical (unpaired) electrons. The number of carbonyl (C=O) groups excluding carboxylic acids is 1. The zero-order chi connectivity index (χ0) is 20.8. The first kappa shape index (κ1) is 20.0. The molecule has 1 aromatic heterocycles. The third-order valence-corrected chi connectivity index (χ3v) is 5.52. The summed E-state index contributed by atoms with van der Waals surface area (Å²) in [5.74, 6) is 0.689. The molecular formula is C24H25FN4O. The van der Waals surface area contributed by atoms with Gasteiger partial charge in [-0.1, -0.05) is 42.5 Å². The van der Waals surface area contributed by atoms with Gasteiger partial charge in [0.1, 0.15) is 18.0 Å². The molecule has 5 nitrogen and oxygen atoms in total. The second-order valence-corrected chi connectivity index (χ2v) is 7.56. The highest BCUT2D eigenvalue weighted by molar-refractivity contribution is 5.79. The number of halogens is 1. The van der Waals surface area contributed by atoms with Crippen LogP contribution in [0.25, 0.3) is 11.3 Å². The number of anilines is 1. The van der Waals surface area contributed by atoms with E-state index in [-0.39, 0.29) is 17.6 Å². The van der Waals surface area contributed by atoms with E-state index in [4.69, 9.17) is 0 Å². The van der Waals surface area contributed by atoms with E-state index in [9.17, 15) is 9.18 Å². The van der Waals surface area contributed by atoms with E-state index in [0.717, 1.165) is 43.7 Å². The number of carbonyl (C=O) groups is 1. The second kappa shape index (κ2) is 9.48. The molecule has 0 saturated carbocycles. The van der Waals surface area contributed by atoms with Gasteiger partial charge in [0, 0.05) is 37.2 Å². The van der Waals surface area contributed by atoms with Crippen molar-refractivity contribution in [1.29, 1.82) is 0 Å². The minimum Gasteiger partial charge on any atom is -0.356 e. The Kier molecular flexibility index (Phi) is 6.32. The van der Waals surface area contributed by atoms with Crippen LogP contribution in [-0.2, 0) is 11.2 Å². The van der Waals surface area contributed by atoms with Gasteiger partial charge in [-0.3, -0.25) is 4.79 Å². The van der Waals surface area contributed by atoms with E-state index in [1.807, 2.05) is 30.3 Å². The Labute approximate surface area is 176 Å². The lowest BCUT2D eigenvalue weighted by atomic mass is 9.95. The van der Waals surface area contributed by atoms with Gasteiger partial charge in [0.15, 0.2) is 0 Å². The van der Waals surface area contributed by atoms with Crippen LogP contribution in [-0.4, -0.2) is 35.5 Å². The van der Waals surface area contributed by atoms with Crippen LogP contribution < -0.4 is 10.2 Å². The third-order valence-electron chi connectivity index (χ3n) is 5.52.